The summed E-state index contributed by atoms with van der Waals surface area (Å²) < 4.78 is 5.20. The van der Waals surface area contributed by atoms with E-state index in [9.17, 15) is 4.79 Å². The number of ether oxygens (including phenoxy) is 1. The van der Waals surface area contributed by atoms with Crippen molar-refractivity contribution in [3.63, 3.8) is 0 Å². The molecule has 3 nitrogen and oxygen atoms in total. The molecule has 1 fully saturated rings. The van der Waals surface area contributed by atoms with Gasteiger partial charge in [0.2, 0.25) is 0 Å². The smallest absolute Gasteiger partial charge is 0.338 e. The van der Waals surface area contributed by atoms with Crippen LogP contribution in [0.5, 0.6) is 0 Å². The van der Waals surface area contributed by atoms with Gasteiger partial charge in [-0.3, -0.25) is 0 Å². The largest absolute Gasteiger partial charge is 0.459 e. The lowest BCUT2D eigenvalue weighted by Gasteiger charge is -2.39. The van der Waals surface area contributed by atoms with Gasteiger partial charge >= 0.3 is 5.97 Å². The number of hydrogen-bond acceptors (Lipinski definition) is 3. The molecule has 1 aromatic rings. The molecule has 1 aliphatic rings. The van der Waals surface area contributed by atoms with Crippen LogP contribution in [0.4, 0.5) is 5.69 Å². The van der Waals surface area contributed by atoms with Gasteiger partial charge in [0.25, 0.3) is 0 Å². The Balaban J connectivity index is 2.00. The van der Waals surface area contributed by atoms with E-state index in [0.29, 0.717) is 17.0 Å². The third-order valence-electron chi connectivity index (χ3n) is 4.31. The van der Waals surface area contributed by atoms with Gasteiger partial charge in [-0.25, -0.2) is 4.79 Å². The SMILES string of the molecule is CC(C)OC(=O)c1ccc(NC2CCCCC2(C)C)cc1. The summed E-state index contributed by atoms with van der Waals surface area (Å²) in [5, 5.41) is 3.63. The monoisotopic (exact) mass is 289 g/mol. The van der Waals surface area contributed by atoms with Crippen molar-refractivity contribution in [2.75, 3.05) is 5.32 Å². The Morgan fingerprint density at radius 2 is 1.90 bits per heavy atom. The first-order chi connectivity index (χ1) is 9.88. The molecule has 0 radical (unpaired) electrons. The zero-order chi connectivity index (χ0) is 15.5. The van der Waals surface area contributed by atoms with E-state index in [1.54, 1.807) is 0 Å². The first-order valence-electron chi connectivity index (χ1n) is 7.96. The lowest BCUT2D eigenvalue weighted by atomic mass is 9.73. The highest BCUT2D eigenvalue weighted by molar-refractivity contribution is 5.89. The summed E-state index contributed by atoms with van der Waals surface area (Å²) in [5.74, 6) is -0.255. The minimum Gasteiger partial charge on any atom is -0.459 e. The van der Waals surface area contributed by atoms with Crippen molar-refractivity contribution in [2.45, 2.75) is 65.5 Å². The lowest BCUT2D eigenvalue weighted by Crippen LogP contribution is -2.38. The second kappa shape index (κ2) is 6.50. The fourth-order valence-corrected chi connectivity index (χ4v) is 2.95. The fraction of sp³-hybridized carbons (Fsp3) is 0.611. The Bertz CT molecular complexity index is 476. The number of nitrogens with one attached hydrogen (secondary N) is 1. The molecular weight excluding hydrogens is 262 g/mol. The van der Waals surface area contributed by atoms with Gasteiger partial charge in [0.15, 0.2) is 0 Å². The van der Waals surface area contributed by atoms with E-state index in [4.69, 9.17) is 4.74 Å². The molecule has 0 spiro atoms. The summed E-state index contributed by atoms with van der Waals surface area (Å²) in [6.45, 7) is 8.38. The quantitative estimate of drug-likeness (QED) is 0.821. The van der Waals surface area contributed by atoms with Gasteiger partial charge in [-0.1, -0.05) is 26.7 Å². The summed E-state index contributed by atoms with van der Waals surface area (Å²) in [7, 11) is 0. The molecule has 0 amide bonds. The molecule has 1 atom stereocenters. The van der Waals surface area contributed by atoms with Crippen molar-refractivity contribution < 1.29 is 9.53 Å². The lowest BCUT2D eigenvalue weighted by molar-refractivity contribution is 0.0378. The number of carbonyl (C=O) groups excluding carboxylic acids is 1. The predicted octanol–water partition coefficient (Wildman–Crippen LogP) is 4.63. The second-order valence-corrected chi connectivity index (χ2v) is 6.96. The Labute approximate surface area is 128 Å². The van der Waals surface area contributed by atoms with Crippen LogP contribution in [0.1, 0.15) is 63.7 Å². The van der Waals surface area contributed by atoms with Gasteiger partial charge in [0.1, 0.15) is 0 Å². The maximum Gasteiger partial charge on any atom is 0.338 e. The molecule has 21 heavy (non-hydrogen) atoms. The van der Waals surface area contributed by atoms with Crippen molar-refractivity contribution in [3.05, 3.63) is 29.8 Å². The topological polar surface area (TPSA) is 38.3 Å². The summed E-state index contributed by atoms with van der Waals surface area (Å²) in [4.78, 5) is 11.8. The maximum atomic E-state index is 11.8. The average molecular weight is 289 g/mol. The van der Waals surface area contributed by atoms with Crippen molar-refractivity contribution in [1.82, 2.24) is 0 Å². The number of benzene rings is 1. The Morgan fingerprint density at radius 3 is 2.48 bits per heavy atom. The van der Waals surface area contributed by atoms with Crippen LogP contribution in [0.2, 0.25) is 0 Å². The minimum absolute atomic E-state index is 0.0849. The molecule has 0 aromatic heterocycles. The van der Waals surface area contributed by atoms with Crippen LogP contribution in [-0.4, -0.2) is 18.1 Å². The normalized spacial score (nSPS) is 21.1. The van der Waals surface area contributed by atoms with E-state index >= 15 is 0 Å². The number of rotatable bonds is 4. The molecule has 0 bridgehead atoms. The number of hydrogen-bond donors (Lipinski definition) is 1. The standard InChI is InChI=1S/C18H27NO2/c1-13(2)21-17(20)14-8-10-15(11-9-14)19-16-7-5-6-12-18(16,3)4/h8-11,13,16,19H,5-7,12H2,1-4H3. The Kier molecular flexibility index (Phi) is 4.92. The zero-order valence-corrected chi connectivity index (χ0v) is 13.6. The minimum atomic E-state index is -0.255. The first kappa shape index (κ1) is 15.9. The van der Waals surface area contributed by atoms with Crippen molar-refractivity contribution in [1.29, 1.82) is 0 Å². The highest BCUT2D eigenvalue weighted by atomic mass is 16.5. The zero-order valence-electron chi connectivity index (χ0n) is 13.6. The summed E-state index contributed by atoms with van der Waals surface area (Å²) in [5.41, 5.74) is 2.02. The molecular formula is C18H27NO2. The van der Waals surface area contributed by atoms with Gasteiger partial charge in [-0.15, -0.1) is 0 Å². The van der Waals surface area contributed by atoms with E-state index in [2.05, 4.69) is 19.2 Å². The Morgan fingerprint density at radius 1 is 1.24 bits per heavy atom. The molecule has 0 aliphatic heterocycles. The molecule has 1 N–H and O–H groups in total. The van der Waals surface area contributed by atoms with Gasteiger partial charge in [0, 0.05) is 11.7 Å². The van der Waals surface area contributed by atoms with E-state index in [1.165, 1.54) is 25.7 Å². The van der Waals surface area contributed by atoms with Crippen LogP contribution < -0.4 is 5.32 Å². The molecule has 1 saturated carbocycles. The number of carbonyl (C=O) groups is 1. The molecule has 0 heterocycles. The van der Waals surface area contributed by atoms with E-state index in [-0.39, 0.29) is 12.1 Å². The van der Waals surface area contributed by atoms with Crippen LogP contribution in [0.25, 0.3) is 0 Å². The third-order valence-corrected chi connectivity index (χ3v) is 4.31. The molecule has 116 valence electrons. The van der Waals surface area contributed by atoms with Gasteiger partial charge < -0.3 is 10.1 Å². The third kappa shape index (κ3) is 4.23. The molecule has 1 aliphatic carbocycles. The van der Waals surface area contributed by atoms with Crippen LogP contribution >= 0.6 is 0 Å². The summed E-state index contributed by atoms with van der Waals surface area (Å²) in [6.07, 6.45) is 5.01. The van der Waals surface area contributed by atoms with Gasteiger partial charge in [-0.05, 0) is 56.4 Å². The van der Waals surface area contributed by atoms with Crippen molar-refractivity contribution >= 4 is 11.7 Å². The Hall–Kier alpha value is -1.51. The van der Waals surface area contributed by atoms with Gasteiger partial charge in [0.05, 0.1) is 11.7 Å². The first-order valence-corrected chi connectivity index (χ1v) is 7.96. The predicted molar refractivity (Wildman–Crippen MR) is 86.7 cm³/mol. The summed E-state index contributed by atoms with van der Waals surface area (Å²) >= 11 is 0. The van der Waals surface area contributed by atoms with Crippen LogP contribution in [-0.2, 0) is 4.74 Å². The van der Waals surface area contributed by atoms with Crippen molar-refractivity contribution in [2.24, 2.45) is 5.41 Å². The van der Waals surface area contributed by atoms with E-state index in [1.807, 2.05) is 38.1 Å². The fourth-order valence-electron chi connectivity index (χ4n) is 2.95. The molecule has 1 unspecified atom stereocenters. The van der Waals surface area contributed by atoms with Gasteiger partial charge in [-0.2, -0.15) is 0 Å². The van der Waals surface area contributed by atoms with Crippen molar-refractivity contribution in [3.8, 4) is 0 Å². The maximum absolute atomic E-state index is 11.8. The second-order valence-electron chi connectivity index (χ2n) is 6.96. The highest BCUT2D eigenvalue weighted by Crippen LogP contribution is 2.37. The van der Waals surface area contributed by atoms with Crippen LogP contribution in [0.3, 0.4) is 0 Å². The highest BCUT2D eigenvalue weighted by Gasteiger charge is 2.31. The summed E-state index contributed by atoms with van der Waals surface area (Å²) in [6, 6.07) is 8.12. The van der Waals surface area contributed by atoms with Crippen LogP contribution in [0.15, 0.2) is 24.3 Å². The number of anilines is 1. The molecule has 2 rings (SSSR count). The average Bonchev–Trinajstić information content (AvgIpc) is 2.41. The molecule has 1 aromatic carbocycles. The van der Waals surface area contributed by atoms with Crippen LogP contribution in [0, 0.1) is 5.41 Å². The van der Waals surface area contributed by atoms with E-state index in [0.717, 1.165) is 5.69 Å². The molecule has 3 heteroatoms. The van der Waals surface area contributed by atoms with E-state index < -0.39 is 0 Å². The number of esters is 1. The molecule has 0 saturated heterocycles.